The molecule has 2 aromatic rings. The molecule has 4 heteroatoms. The normalized spacial score (nSPS) is 10.0. The molecule has 0 radical (unpaired) electrons. The Morgan fingerprint density at radius 2 is 2.18 bits per heavy atom. The van der Waals surface area contributed by atoms with Gasteiger partial charge in [0.2, 0.25) is 0 Å². The maximum absolute atomic E-state index is 5.18. The van der Waals surface area contributed by atoms with Crippen molar-refractivity contribution in [2.45, 2.75) is 6.54 Å². The molecule has 0 atom stereocenters. The molecule has 0 unspecified atom stereocenters. The molecular formula is C13H13BrN2O. The van der Waals surface area contributed by atoms with Gasteiger partial charge in [0, 0.05) is 17.2 Å². The molecule has 0 saturated heterocycles. The number of rotatable bonds is 4. The first-order chi connectivity index (χ1) is 8.28. The van der Waals surface area contributed by atoms with E-state index in [9.17, 15) is 0 Å². The van der Waals surface area contributed by atoms with Crippen LogP contribution in [0.1, 0.15) is 5.56 Å². The molecule has 0 amide bonds. The van der Waals surface area contributed by atoms with Gasteiger partial charge in [-0.15, -0.1) is 0 Å². The minimum Gasteiger partial charge on any atom is -0.497 e. The van der Waals surface area contributed by atoms with Gasteiger partial charge >= 0.3 is 0 Å². The van der Waals surface area contributed by atoms with Crippen LogP contribution in [0.15, 0.2) is 47.1 Å². The topological polar surface area (TPSA) is 34.1 Å². The van der Waals surface area contributed by atoms with Crippen LogP contribution in [0.5, 0.6) is 5.75 Å². The molecule has 88 valence electrons. The number of hydrogen-bond acceptors (Lipinski definition) is 3. The minimum atomic E-state index is 0.723. The van der Waals surface area contributed by atoms with E-state index in [1.165, 1.54) is 0 Å². The first kappa shape index (κ1) is 11.9. The van der Waals surface area contributed by atoms with Crippen molar-refractivity contribution < 1.29 is 4.74 Å². The Hall–Kier alpha value is -1.55. The lowest BCUT2D eigenvalue weighted by molar-refractivity contribution is 0.414. The molecule has 0 saturated carbocycles. The zero-order chi connectivity index (χ0) is 12.1. The van der Waals surface area contributed by atoms with Crippen LogP contribution in [0.2, 0.25) is 0 Å². The van der Waals surface area contributed by atoms with Crippen molar-refractivity contribution in [3.63, 3.8) is 0 Å². The van der Waals surface area contributed by atoms with Crippen molar-refractivity contribution in [2.75, 3.05) is 12.4 Å². The summed E-state index contributed by atoms with van der Waals surface area (Å²) in [6, 6.07) is 11.8. The van der Waals surface area contributed by atoms with Crippen molar-refractivity contribution in [2.24, 2.45) is 0 Å². The molecule has 0 spiro atoms. The number of ether oxygens (including phenoxy) is 1. The van der Waals surface area contributed by atoms with Crippen LogP contribution in [0.25, 0.3) is 0 Å². The summed E-state index contributed by atoms with van der Waals surface area (Å²) < 4.78 is 6.19. The molecule has 1 aromatic heterocycles. The summed E-state index contributed by atoms with van der Waals surface area (Å²) in [5.74, 6) is 1.72. The van der Waals surface area contributed by atoms with Crippen LogP contribution in [0, 0.1) is 0 Å². The van der Waals surface area contributed by atoms with Crippen LogP contribution in [-0.2, 0) is 6.54 Å². The van der Waals surface area contributed by atoms with Crippen LogP contribution < -0.4 is 10.1 Å². The van der Waals surface area contributed by atoms with Crippen LogP contribution in [-0.4, -0.2) is 12.1 Å². The van der Waals surface area contributed by atoms with Gasteiger partial charge in [0.25, 0.3) is 0 Å². The average Bonchev–Trinajstić information content (AvgIpc) is 2.37. The largest absolute Gasteiger partial charge is 0.497 e. The second-order valence-electron chi connectivity index (χ2n) is 3.56. The molecule has 1 aromatic carbocycles. The number of nitrogens with one attached hydrogen (secondary N) is 1. The smallest absolute Gasteiger partial charge is 0.127 e. The Kier molecular flexibility index (Phi) is 3.98. The number of aromatic nitrogens is 1. The fourth-order valence-corrected chi connectivity index (χ4v) is 1.81. The maximum Gasteiger partial charge on any atom is 0.127 e. The number of anilines is 1. The van der Waals surface area contributed by atoms with Gasteiger partial charge in [0.1, 0.15) is 11.6 Å². The van der Waals surface area contributed by atoms with Crippen LogP contribution in [0.4, 0.5) is 5.82 Å². The van der Waals surface area contributed by atoms with Gasteiger partial charge in [-0.1, -0.05) is 28.1 Å². The van der Waals surface area contributed by atoms with Crippen molar-refractivity contribution >= 4 is 21.7 Å². The lowest BCUT2D eigenvalue weighted by Gasteiger charge is -2.07. The molecule has 1 N–H and O–H groups in total. The lowest BCUT2D eigenvalue weighted by atomic mass is 10.2. The molecule has 1 heterocycles. The quantitative estimate of drug-likeness (QED) is 0.937. The molecule has 0 aliphatic heterocycles. The summed E-state index contributed by atoms with van der Waals surface area (Å²) in [6.07, 6.45) is 1.76. The molecule has 17 heavy (non-hydrogen) atoms. The van der Waals surface area contributed by atoms with Gasteiger partial charge in [0.05, 0.1) is 7.11 Å². The Balaban J connectivity index is 2.02. The van der Waals surface area contributed by atoms with Crippen molar-refractivity contribution in [1.29, 1.82) is 0 Å². The van der Waals surface area contributed by atoms with E-state index >= 15 is 0 Å². The third kappa shape index (κ3) is 3.46. The fourth-order valence-electron chi connectivity index (χ4n) is 1.48. The highest BCUT2D eigenvalue weighted by Gasteiger charge is 1.97. The molecule has 3 nitrogen and oxygen atoms in total. The Labute approximate surface area is 109 Å². The summed E-state index contributed by atoms with van der Waals surface area (Å²) in [4.78, 5) is 4.22. The van der Waals surface area contributed by atoms with Crippen LogP contribution >= 0.6 is 15.9 Å². The zero-order valence-corrected chi connectivity index (χ0v) is 11.1. The number of halogens is 1. The van der Waals surface area contributed by atoms with Crippen molar-refractivity contribution in [1.82, 2.24) is 4.98 Å². The minimum absolute atomic E-state index is 0.723. The third-order valence-electron chi connectivity index (χ3n) is 2.33. The highest BCUT2D eigenvalue weighted by molar-refractivity contribution is 9.10. The predicted molar refractivity (Wildman–Crippen MR) is 72.3 cm³/mol. The molecule has 2 rings (SSSR count). The Bertz CT molecular complexity index is 502. The number of hydrogen-bond donors (Lipinski definition) is 1. The summed E-state index contributed by atoms with van der Waals surface area (Å²) in [6.45, 7) is 0.723. The molecular weight excluding hydrogens is 280 g/mol. The highest BCUT2D eigenvalue weighted by Crippen LogP contribution is 2.16. The summed E-state index contributed by atoms with van der Waals surface area (Å²) in [5, 5.41) is 3.26. The summed E-state index contributed by atoms with van der Waals surface area (Å²) in [7, 11) is 1.67. The Morgan fingerprint density at radius 1 is 1.29 bits per heavy atom. The monoisotopic (exact) mass is 292 g/mol. The van der Waals surface area contributed by atoms with Gasteiger partial charge in [-0.2, -0.15) is 0 Å². The van der Waals surface area contributed by atoms with Crippen LogP contribution in [0.3, 0.4) is 0 Å². The summed E-state index contributed by atoms with van der Waals surface area (Å²) >= 11 is 3.41. The number of benzene rings is 1. The van der Waals surface area contributed by atoms with Crippen molar-refractivity contribution in [3.8, 4) is 5.75 Å². The Morgan fingerprint density at radius 3 is 2.94 bits per heavy atom. The van der Waals surface area contributed by atoms with E-state index in [-0.39, 0.29) is 0 Å². The highest BCUT2D eigenvalue weighted by atomic mass is 79.9. The standard InChI is InChI=1S/C13H13BrN2O/c1-17-12-4-2-3-10(7-12)9-16-13-8-11(14)5-6-15-13/h2-8H,9H2,1H3,(H,15,16). The first-order valence-corrected chi connectivity index (χ1v) is 6.05. The molecule has 0 bridgehead atoms. The molecule has 0 aliphatic rings. The number of pyridine rings is 1. The van der Waals surface area contributed by atoms with Gasteiger partial charge in [-0.25, -0.2) is 4.98 Å². The summed E-state index contributed by atoms with van der Waals surface area (Å²) in [5.41, 5.74) is 1.16. The van der Waals surface area contributed by atoms with E-state index in [0.29, 0.717) is 0 Å². The number of methoxy groups -OCH3 is 1. The van der Waals surface area contributed by atoms with Gasteiger partial charge in [-0.3, -0.25) is 0 Å². The fraction of sp³-hybridized carbons (Fsp3) is 0.154. The number of nitrogens with zero attached hydrogens (tertiary/aromatic N) is 1. The van der Waals surface area contributed by atoms with Gasteiger partial charge in [0.15, 0.2) is 0 Å². The second-order valence-corrected chi connectivity index (χ2v) is 4.48. The molecule has 0 fully saturated rings. The van der Waals surface area contributed by atoms with E-state index < -0.39 is 0 Å². The van der Waals surface area contributed by atoms with E-state index in [1.807, 2.05) is 36.4 Å². The second kappa shape index (κ2) is 5.68. The SMILES string of the molecule is COc1cccc(CNc2cc(Br)ccn2)c1. The van der Waals surface area contributed by atoms with E-state index in [2.05, 4.69) is 26.2 Å². The van der Waals surface area contributed by atoms with E-state index in [0.717, 1.165) is 28.1 Å². The van der Waals surface area contributed by atoms with E-state index in [1.54, 1.807) is 13.3 Å². The predicted octanol–water partition coefficient (Wildman–Crippen LogP) is 3.46. The van der Waals surface area contributed by atoms with Gasteiger partial charge in [-0.05, 0) is 29.8 Å². The maximum atomic E-state index is 5.18. The van der Waals surface area contributed by atoms with E-state index in [4.69, 9.17) is 4.74 Å². The first-order valence-electron chi connectivity index (χ1n) is 5.26. The molecule has 0 aliphatic carbocycles. The average molecular weight is 293 g/mol. The van der Waals surface area contributed by atoms with Crippen molar-refractivity contribution in [3.05, 3.63) is 52.6 Å². The zero-order valence-electron chi connectivity index (χ0n) is 9.48. The lowest BCUT2D eigenvalue weighted by Crippen LogP contribution is -2.01. The van der Waals surface area contributed by atoms with Gasteiger partial charge < -0.3 is 10.1 Å². The third-order valence-corrected chi connectivity index (χ3v) is 2.82.